The van der Waals surface area contributed by atoms with Gasteiger partial charge in [0.05, 0.1) is 10.9 Å². The van der Waals surface area contributed by atoms with E-state index in [1.807, 2.05) is 31.2 Å². The van der Waals surface area contributed by atoms with Gasteiger partial charge in [0.25, 0.3) is 0 Å². The van der Waals surface area contributed by atoms with Crippen LogP contribution >= 0.6 is 0 Å². The van der Waals surface area contributed by atoms with Gasteiger partial charge in [-0.1, -0.05) is 25.1 Å². The van der Waals surface area contributed by atoms with Gasteiger partial charge < -0.3 is 5.32 Å². The molecule has 1 aromatic carbocycles. The number of anilines is 1. The number of para-hydroxylation sites is 1. The van der Waals surface area contributed by atoms with Crippen molar-refractivity contribution in [1.82, 2.24) is 5.32 Å². The van der Waals surface area contributed by atoms with Crippen LogP contribution in [0.2, 0.25) is 0 Å². The molecule has 1 aliphatic heterocycles. The topological polar surface area (TPSA) is 49.4 Å². The molecule has 118 valence electrons. The lowest BCUT2D eigenvalue weighted by atomic mass is 9.99. The number of aryl methyl sites for hydroxylation is 1. The third-order valence-corrected chi connectivity index (χ3v) is 6.39. The molecule has 1 heterocycles. The van der Waals surface area contributed by atoms with Crippen LogP contribution in [0.25, 0.3) is 0 Å². The zero-order valence-electron chi connectivity index (χ0n) is 13.2. The predicted octanol–water partition coefficient (Wildman–Crippen LogP) is 2.55. The van der Waals surface area contributed by atoms with E-state index in [4.69, 9.17) is 0 Å². The Morgan fingerprint density at radius 1 is 1.38 bits per heavy atom. The van der Waals surface area contributed by atoms with Gasteiger partial charge in [0, 0.05) is 12.6 Å². The van der Waals surface area contributed by atoms with Gasteiger partial charge in [0.1, 0.15) is 0 Å². The Morgan fingerprint density at radius 3 is 2.81 bits per heavy atom. The molecule has 0 spiro atoms. The zero-order valence-corrected chi connectivity index (χ0v) is 14.0. The van der Waals surface area contributed by atoms with Crippen molar-refractivity contribution in [3.8, 4) is 0 Å². The van der Waals surface area contributed by atoms with Crippen LogP contribution < -0.4 is 9.62 Å². The van der Waals surface area contributed by atoms with Crippen LogP contribution in [0.3, 0.4) is 0 Å². The second-order valence-corrected chi connectivity index (χ2v) is 8.10. The van der Waals surface area contributed by atoms with Crippen LogP contribution in [-0.4, -0.2) is 32.8 Å². The molecule has 2 unspecified atom stereocenters. The summed E-state index contributed by atoms with van der Waals surface area (Å²) < 4.78 is 27.5. The van der Waals surface area contributed by atoms with Crippen LogP contribution in [0.5, 0.6) is 0 Å². The Labute approximate surface area is 128 Å². The molecule has 0 aromatic heterocycles. The summed E-state index contributed by atoms with van der Waals surface area (Å²) in [5.74, 6) is 0. The third kappa shape index (κ3) is 3.40. The van der Waals surface area contributed by atoms with E-state index in [9.17, 15) is 8.42 Å². The molecule has 0 fully saturated rings. The molecule has 21 heavy (non-hydrogen) atoms. The summed E-state index contributed by atoms with van der Waals surface area (Å²) in [6.07, 6.45) is 2.84. The van der Waals surface area contributed by atoms with Gasteiger partial charge in [-0.25, -0.2) is 8.42 Å². The largest absolute Gasteiger partial charge is 0.315 e. The SMILES string of the molecule is CCCNCC(C)S(=O)(=O)N1c2ccccc2CCC1C. The lowest BCUT2D eigenvalue weighted by Crippen LogP contribution is -2.48. The monoisotopic (exact) mass is 310 g/mol. The van der Waals surface area contributed by atoms with Crippen molar-refractivity contribution in [3.63, 3.8) is 0 Å². The molecule has 2 atom stereocenters. The summed E-state index contributed by atoms with van der Waals surface area (Å²) in [6.45, 7) is 7.23. The number of nitrogens with one attached hydrogen (secondary N) is 1. The predicted molar refractivity (Wildman–Crippen MR) is 88.2 cm³/mol. The Morgan fingerprint density at radius 2 is 2.10 bits per heavy atom. The summed E-state index contributed by atoms with van der Waals surface area (Å²) in [5, 5.41) is 2.79. The summed E-state index contributed by atoms with van der Waals surface area (Å²) in [7, 11) is -3.33. The van der Waals surface area contributed by atoms with Crippen molar-refractivity contribution in [2.75, 3.05) is 17.4 Å². The second kappa shape index (κ2) is 6.79. The molecular formula is C16H26N2O2S. The Kier molecular flexibility index (Phi) is 5.27. The molecular weight excluding hydrogens is 284 g/mol. The maximum Gasteiger partial charge on any atom is 0.239 e. The third-order valence-electron chi connectivity index (χ3n) is 4.10. The van der Waals surface area contributed by atoms with Crippen LogP contribution in [0.15, 0.2) is 24.3 Å². The quantitative estimate of drug-likeness (QED) is 0.822. The molecule has 0 bridgehead atoms. The first-order chi connectivity index (χ1) is 9.98. The summed E-state index contributed by atoms with van der Waals surface area (Å²) in [4.78, 5) is 0. The van der Waals surface area contributed by atoms with Crippen molar-refractivity contribution in [2.45, 2.75) is 51.3 Å². The molecule has 1 aromatic rings. The van der Waals surface area contributed by atoms with Crippen molar-refractivity contribution in [1.29, 1.82) is 0 Å². The molecule has 0 saturated heterocycles. The molecule has 0 amide bonds. The molecule has 2 rings (SSSR count). The molecule has 4 nitrogen and oxygen atoms in total. The molecule has 0 aliphatic carbocycles. The number of rotatable bonds is 6. The minimum atomic E-state index is -3.33. The van der Waals surface area contributed by atoms with E-state index < -0.39 is 15.3 Å². The second-order valence-electron chi connectivity index (χ2n) is 5.87. The lowest BCUT2D eigenvalue weighted by Gasteiger charge is -2.37. The fourth-order valence-electron chi connectivity index (χ4n) is 2.83. The fraction of sp³-hybridized carbons (Fsp3) is 0.625. The summed E-state index contributed by atoms with van der Waals surface area (Å²) in [6, 6.07) is 7.88. The van der Waals surface area contributed by atoms with Gasteiger partial charge in [-0.3, -0.25) is 4.31 Å². The van der Waals surface area contributed by atoms with Crippen LogP contribution in [-0.2, 0) is 16.4 Å². The Bertz CT molecular complexity index is 571. The van der Waals surface area contributed by atoms with E-state index in [0.717, 1.165) is 37.1 Å². The van der Waals surface area contributed by atoms with Gasteiger partial charge in [-0.15, -0.1) is 0 Å². The minimum absolute atomic E-state index is 0.0264. The highest BCUT2D eigenvalue weighted by Crippen LogP contribution is 2.33. The van der Waals surface area contributed by atoms with E-state index in [2.05, 4.69) is 12.2 Å². The summed E-state index contributed by atoms with van der Waals surface area (Å²) >= 11 is 0. The van der Waals surface area contributed by atoms with E-state index >= 15 is 0 Å². The highest BCUT2D eigenvalue weighted by atomic mass is 32.2. The Balaban J connectivity index is 2.26. The average Bonchev–Trinajstić information content (AvgIpc) is 2.46. The molecule has 5 heteroatoms. The maximum atomic E-state index is 12.9. The van der Waals surface area contributed by atoms with Crippen LogP contribution in [0.1, 0.15) is 39.2 Å². The van der Waals surface area contributed by atoms with Gasteiger partial charge in [-0.05, 0) is 51.3 Å². The van der Waals surface area contributed by atoms with Crippen molar-refractivity contribution in [3.05, 3.63) is 29.8 Å². The molecule has 1 N–H and O–H groups in total. The number of nitrogens with zero attached hydrogens (tertiary/aromatic N) is 1. The lowest BCUT2D eigenvalue weighted by molar-refractivity contribution is 0.544. The number of benzene rings is 1. The van der Waals surface area contributed by atoms with Gasteiger partial charge in [-0.2, -0.15) is 0 Å². The summed E-state index contributed by atoms with van der Waals surface area (Å²) in [5.41, 5.74) is 1.99. The fourth-order valence-corrected chi connectivity index (χ4v) is 4.60. The smallest absolute Gasteiger partial charge is 0.239 e. The van der Waals surface area contributed by atoms with Crippen LogP contribution in [0, 0.1) is 0 Å². The van der Waals surface area contributed by atoms with Crippen molar-refractivity contribution >= 4 is 15.7 Å². The van der Waals surface area contributed by atoms with E-state index in [1.165, 1.54) is 0 Å². The van der Waals surface area contributed by atoms with E-state index in [0.29, 0.717) is 6.54 Å². The first-order valence-corrected chi connectivity index (χ1v) is 9.30. The zero-order chi connectivity index (χ0) is 15.5. The van der Waals surface area contributed by atoms with Crippen molar-refractivity contribution < 1.29 is 8.42 Å². The first-order valence-electron chi connectivity index (χ1n) is 7.80. The number of hydrogen-bond acceptors (Lipinski definition) is 3. The Hall–Kier alpha value is -1.07. The molecule has 1 aliphatic rings. The standard InChI is InChI=1S/C16H26N2O2S/c1-4-11-17-12-14(3)21(19,20)18-13(2)9-10-15-7-5-6-8-16(15)18/h5-8,13-14,17H,4,9-12H2,1-3H3. The van der Waals surface area contributed by atoms with Crippen LogP contribution in [0.4, 0.5) is 5.69 Å². The molecule has 0 saturated carbocycles. The highest BCUT2D eigenvalue weighted by molar-refractivity contribution is 7.93. The van der Waals surface area contributed by atoms with Gasteiger partial charge >= 0.3 is 0 Å². The number of fused-ring (bicyclic) bond motifs is 1. The van der Waals surface area contributed by atoms with Gasteiger partial charge in [0.2, 0.25) is 10.0 Å². The number of sulfonamides is 1. The van der Waals surface area contributed by atoms with Crippen molar-refractivity contribution in [2.24, 2.45) is 0 Å². The first kappa shape index (κ1) is 16.3. The average molecular weight is 310 g/mol. The van der Waals surface area contributed by atoms with E-state index in [1.54, 1.807) is 11.2 Å². The minimum Gasteiger partial charge on any atom is -0.315 e. The molecule has 0 radical (unpaired) electrons. The van der Waals surface area contributed by atoms with E-state index in [-0.39, 0.29) is 6.04 Å². The highest BCUT2D eigenvalue weighted by Gasteiger charge is 2.35. The van der Waals surface area contributed by atoms with Gasteiger partial charge in [0.15, 0.2) is 0 Å². The normalized spacial score (nSPS) is 20.1. The number of hydrogen-bond donors (Lipinski definition) is 1. The maximum absolute atomic E-state index is 12.9.